The van der Waals surface area contributed by atoms with E-state index in [0.717, 1.165) is 56.3 Å². The molecular formula is C23H27NO4. The molecule has 1 fully saturated rings. The molecule has 1 aliphatic heterocycles. The number of nitrogens with zero attached hydrogens (tertiary/aromatic N) is 1. The van der Waals surface area contributed by atoms with Gasteiger partial charge in [-0.3, -0.25) is 9.69 Å². The Morgan fingerprint density at radius 3 is 2.39 bits per heavy atom. The molecule has 0 spiro atoms. The van der Waals surface area contributed by atoms with E-state index in [9.17, 15) is 4.79 Å². The van der Waals surface area contributed by atoms with Crippen molar-refractivity contribution in [3.8, 4) is 11.5 Å². The Labute approximate surface area is 166 Å². The van der Waals surface area contributed by atoms with E-state index >= 15 is 0 Å². The third-order valence-electron chi connectivity index (χ3n) is 4.67. The van der Waals surface area contributed by atoms with Gasteiger partial charge in [-0.1, -0.05) is 18.2 Å². The second kappa shape index (κ2) is 10.6. The average molecular weight is 381 g/mol. The molecule has 0 N–H and O–H groups in total. The van der Waals surface area contributed by atoms with Gasteiger partial charge in [0.15, 0.2) is 5.78 Å². The number of ketones is 1. The smallest absolute Gasteiger partial charge is 0.185 e. The van der Waals surface area contributed by atoms with Crippen LogP contribution in [-0.2, 0) is 4.74 Å². The number of rotatable bonds is 9. The molecule has 5 heteroatoms. The van der Waals surface area contributed by atoms with Crippen molar-refractivity contribution in [2.75, 3.05) is 46.6 Å². The molecule has 0 unspecified atom stereocenters. The summed E-state index contributed by atoms with van der Waals surface area (Å²) in [5.74, 6) is 1.55. The lowest BCUT2D eigenvalue weighted by Crippen LogP contribution is -2.37. The van der Waals surface area contributed by atoms with Crippen LogP contribution in [0.3, 0.4) is 0 Å². The zero-order chi connectivity index (χ0) is 19.6. The minimum atomic E-state index is -0.0327. The fourth-order valence-electron chi connectivity index (χ4n) is 3.00. The number of carbonyl (C=O) groups excluding carboxylic acids is 1. The summed E-state index contributed by atoms with van der Waals surface area (Å²) in [4.78, 5) is 14.7. The lowest BCUT2D eigenvalue weighted by Gasteiger charge is -2.26. The van der Waals surface area contributed by atoms with E-state index < -0.39 is 0 Å². The Hall–Kier alpha value is -2.63. The van der Waals surface area contributed by atoms with Crippen molar-refractivity contribution in [2.24, 2.45) is 0 Å². The summed E-state index contributed by atoms with van der Waals surface area (Å²) in [7, 11) is 1.63. The molecule has 1 saturated heterocycles. The number of morpholine rings is 1. The molecule has 0 radical (unpaired) electrons. The summed E-state index contributed by atoms with van der Waals surface area (Å²) < 4.78 is 16.3. The number of hydrogen-bond donors (Lipinski definition) is 0. The monoisotopic (exact) mass is 381 g/mol. The maximum atomic E-state index is 12.3. The molecule has 28 heavy (non-hydrogen) atoms. The summed E-state index contributed by atoms with van der Waals surface area (Å²) in [5, 5.41) is 0. The Morgan fingerprint density at radius 2 is 1.71 bits per heavy atom. The number of hydrogen-bond acceptors (Lipinski definition) is 5. The highest BCUT2D eigenvalue weighted by atomic mass is 16.5. The zero-order valence-electron chi connectivity index (χ0n) is 16.3. The third-order valence-corrected chi connectivity index (χ3v) is 4.67. The molecule has 148 valence electrons. The van der Waals surface area contributed by atoms with Gasteiger partial charge in [-0.2, -0.15) is 0 Å². The molecule has 0 amide bonds. The highest BCUT2D eigenvalue weighted by Crippen LogP contribution is 2.15. The van der Waals surface area contributed by atoms with Gasteiger partial charge in [-0.05, 0) is 54.5 Å². The Bertz CT molecular complexity index is 762. The number of benzene rings is 2. The molecule has 0 saturated carbocycles. The number of methoxy groups -OCH3 is 1. The third kappa shape index (κ3) is 6.22. The van der Waals surface area contributed by atoms with Crippen LogP contribution in [0.15, 0.2) is 54.6 Å². The van der Waals surface area contributed by atoms with Gasteiger partial charge < -0.3 is 14.2 Å². The van der Waals surface area contributed by atoms with Gasteiger partial charge in [-0.25, -0.2) is 0 Å². The van der Waals surface area contributed by atoms with Gasteiger partial charge in [0.2, 0.25) is 0 Å². The molecule has 1 aliphatic rings. The van der Waals surface area contributed by atoms with Crippen LogP contribution in [0.5, 0.6) is 11.5 Å². The second-order valence-electron chi connectivity index (χ2n) is 6.65. The van der Waals surface area contributed by atoms with E-state index in [2.05, 4.69) is 4.90 Å². The summed E-state index contributed by atoms with van der Waals surface area (Å²) >= 11 is 0. The maximum absolute atomic E-state index is 12.3. The van der Waals surface area contributed by atoms with Crippen LogP contribution in [0, 0.1) is 0 Å². The molecule has 2 aromatic carbocycles. The fourth-order valence-corrected chi connectivity index (χ4v) is 3.00. The summed E-state index contributed by atoms with van der Waals surface area (Å²) in [6, 6.07) is 14.9. The Kier molecular flexibility index (Phi) is 7.64. The molecule has 0 aliphatic carbocycles. The summed E-state index contributed by atoms with van der Waals surface area (Å²) in [5.41, 5.74) is 1.60. The van der Waals surface area contributed by atoms with Crippen molar-refractivity contribution < 1.29 is 19.0 Å². The minimum absolute atomic E-state index is 0.0327. The SMILES string of the molecule is COc1ccc(/C=C/C(=O)c2ccc(OCCCN3CCOCC3)cc2)cc1. The van der Waals surface area contributed by atoms with Crippen LogP contribution < -0.4 is 9.47 Å². The first kappa shape index (κ1) is 20.1. The topological polar surface area (TPSA) is 48.0 Å². The lowest BCUT2D eigenvalue weighted by molar-refractivity contribution is 0.0358. The van der Waals surface area contributed by atoms with Gasteiger partial charge >= 0.3 is 0 Å². The van der Waals surface area contributed by atoms with Gasteiger partial charge in [-0.15, -0.1) is 0 Å². The molecule has 0 atom stereocenters. The van der Waals surface area contributed by atoms with Gasteiger partial charge in [0, 0.05) is 25.2 Å². The molecule has 2 aromatic rings. The summed E-state index contributed by atoms with van der Waals surface area (Å²) in [6.07, 6.45) is 4.36. The van der Waals surface area contributed by atoms with Crippen molar-refractivity contribution >= 4 is 11.9 Å². The number of ether oxygens (including phenoxy) is 3. The van der Waals surface area contributed by atoms with Crippen LogP contribution in [-0.4, -0.2) is 57.2 Å². The van der Waals surface area contributed by atoms with E-state index in [1.165, 1.54) is 0 Å². The van der Waals surface area contributed by atoms with Gasteiger partial charge in [0.25, 0.3) is 0 Å². The second-order valence-corrected chi connectivity index (χ2v) is 6.65. The minimum Gasteiger partial charge on any atom is -0.497 e. The van der Waals surface area contributed by atoms with Crippen molar-refractivity contribution in [3.05, 3.63) is 65.7 Å². The van der Waals surface area contributed by atoms with Gasteiger partial charge in [0.1, 0.15) is 11.5 Å². The first-order valence-electron chi connectivity index (χ1n) is 9.64. The highest BCUT2D eigenvalue weighted by molar-refractivity contribution is 6.06. The zero-order valence-corrected chi connectivity index (χ0v) is 16.3. The molecule has 0 bridgehead atoms. The Morgan fingerprint density at radius 1 is 1.04 bits per heavy atom. The first-order chi connectivity index (χ1) is 13.7. The molecule has 3 rings (SSSR count). The largest absolute Gasteiger partial charge is 0.497 e. The predicted octanol–water partition coefficient (Wildman–Crippen LogP) is 3.69. The van der Waals surface area contributed by atoms with Gasteiger partial charge in [0.05, 0.1) is 26.9 Å². The quantitative estimate of drug-likeness (QED) is 0.377. The maximum Gasteiger partial charge on any atom is 0.185 e. The molecular weight excluding hydrogens is 354 g/mol. The van der Waals surface area contributed by atoms with E-state index in [-0.39, 0.29) is 5.78 Å². The van der Waals surface area contributed by atoms with Crippen LogP contribution in [0.25, 0.3) is 6.08 Å². The number of allylic oxidation sites excluding steroid dienone is 1. The van der Waals surface area contributed by atoms with Crippen LogP contribution in [0.2, 0.25) is 0 Å². The molecule has 5 nitrogen and oxygen atoms in total. The van der Waals surface area contributed by atoms with E-state index in [1.807, 2.05) is 36.4 Å². The Balaban J connectivity index is 1.43. The van der Waals surface area contributed by atoms with Crippen LogP contribution in [0.4, 0.5) is 0 Å². The van der Waals surface area contributed by atoms with Crippen LogP contribution >= 0.6 is 0 Å². The highest BCUT2D eigenvalue weighted by Gasteiger charge is 2.09. The fraction of sp³-hybridized carbons (Fsp3) is 0.348. The van der Waals surface area contributed by atoms with E-state index in [4.69, 9.17) is 14.2 Å². The van der Waals surface area contributed by atoms with Crippen molar-refractivity contribution in [2.45, 2.75) is 6.42 Å². The standard InChI is InChI=1S/C23H27NO4/c1-26-21-8-3-19(4-9-21)5-12-23(25)20-6-10-22(11-7-20)28-16-2-13-24-14-17-27-18-15-24/h3-12H,2,13-18H2,1H3/b12-5+. The van der Waals surface area contributed by atoms with E-state index in [0.29, 0.717) is 12.2 Å². The van der Waals surface area contributed by atoms with Crippen molar-refractivity contribution in [1.29, 1.82) is 0 Å². The molecule has 0 aromatic heterocycles. The average Bonchev–Trinajstić information content (AvgIpc) is 2.76. The van der Waals surface area contributed by atoms with Crippen molar-refractivity contribution in [1.82, 2.24) is 4.90 Å². The van der Waals surface area contributed by atoms with E-state index in [1.54, 1.807) is 31.4 Å². The lowest BCUT2D eigenvalue weighted by atomic mass is 10.1. The molecule has 1 heterocycles. The normalized spacial score (nSPS) is 14.9. The predicted molar refractivity (Wildman–Crippen MR) is 110 cm³/mol. The van der Waals surface area contributed by atoms with Crippen molar-refractivity contribution in [3.63, 3.8) is 0 Å². The first-order valence-corrected chi connectivity index (χ1v) is 9.64. The number of carbonyl (C=O) groups is 1. The summed E-state index contributed by atoms with van der Waals surface area (Å²) in [6.45, 7) is 5.34. The van der Waals surface area contributed by atoms with Crippen LogP contribution in [0.1, 0.15) is 22.3 Å².